The van der Waals surface area contributed by atoms with Crippen molar-refractivity contribution in [3.05, 3.63) is 116 Å². The zero-order valence-corrected chi connectivity index (χ0v) is 24.7. The van der Waals surface area contributed by atoms with Crippen molar-refractivity contribution in [2.24, 2.45) is 5.10 Å². The van der Waals surface area contributed by atoms with Crippen LogP contribution in [0.25, 0.3) is 22.8 Å². The highest BCUT2D eigenvalue weighted by Gasteiger charge is 2.38. The summed E-state index contributed by atoms with van der Waals surface area (Å²) in [5.41, 5.74) is 7.31. The van der Waals surface area contributed by atoms with E-state index in [9.17, 15) is 9.59 Å². The maximum atomic E-state index is 13.5. The van der Waals surface area contributed by atoms with Gasteiger partial charge in [0.25, 0.3) is 11.5 Å². The third kappa shape index (κ3) is 4.37. The van der Waals surface area contributed by atoms with Gasteiger partial charge in [0.15, 0.2) is 0 Å². The number of benzene rings is 3. The zero-order valence-electron chi connectivity index (χ0n) is 23.9. The number of para-hydroxylation sites is 1. The average Bonchev–Trinajstić information content (AvgIpc) is 3.53. The van der Waals surface area contributed by atoms with Crippen molar-refractivity contribution in [2.45, 2.75) is 39.7 Å². The van der Waals surface area contributed by atoms with Gasteiger partial charge >= 0.3 is 0 Å². The van der Waals surface area contributed by atoms with Crippen molar-refractivity contribution in [1.82, 2.24) is 4.57 Å². The Morgan fingerprint density at radius 2 is 1.59 bits per heavy atom. The predicted molar refractivity (Wildman–Crippen MR) is 170 cm³/mol. The lowest BCUT2D eigenvalue weighted by molar-refractivity contribution is -0.112. The molecule has 0 unspecified atom stereocenters. The van der Waals surface area contributed by atoms with E-state index in [1.54, 1.807) is 4.57 Å². The number of hydrazone groups is 1. The molecule has 7 heteroatoms. The summed E-state index contributed by atoms with van der Waals surface area (Å²) >= 11 is 1.35. The van der Waals surface area contributed by atoms with E-state index >= 15 is 0 Å². The second-order valence-electron chi connectivity index (χ2n) is 10.8. The quantitative estimate of drug-likeness (QED) is 0.342. The van der Waals surface area contributed by atoms with E-state index in [1.807, 2.05) is 56.3 Å². The van der Waals surface area contributed by atoms with Gasteiger partial charge in [0, 0.05) is 30.4 Å². The van der Waals surface area contributed by atoms with Gasteiger partial charge in [-0.05, 0) is 67.0 Å². The molecule has 0 spiro atoms. The molecule has 0 fully saturated rings. The van der Waals surface area contributed by atoms with Gasteiger partial charge in [-0.15, -0.1) is 11.3 Å². The molecule has 0 bridgehead atoms. The number of amides is 1. The number of likely N-dealkylation sites (N-methyl/N-ethyl adjacent to an activating group) is 1. The minimum absolute atomic E-state index is 0.0991. The number of thiazole rings is 1. The molecule has 1 amide bonds. The van der Waals surface area contributed by atoms with Crippen molar-refractivity contribution in [3.63, 3.8) is 0 Å². The Labute approximate surface area is 243 Å². The third-order valence-corrected chi connectivity index (χ3v) is 9.14. The van der Waals surface area contributed by atoms with E-state index in [0.717, 1.165) is 11.4 Å². The Kier molecular flexibility index (Phi) is 6.62. The van der Waals surface area contributed by atoms with Gasteiger partial charge in [-0.1, -0.05) is 68.4 Å². The van der Waals surface area contributed by atoms with Gasteiger partial charge in [-0.2, -0.15) is 10.1 Å². The molecule has 0 N–H and O–H groups in total. The van der Waals surface area contributed by atoms with E-state index in [-0.39, 0.29) is 16.9 Å². The number of carbonyl (C=O) groups is 1. The summed E-state index contributed by atoms with van der Waals surface area (Å²) in [5.74, 6) is -0.219. The lowest BCUT2D eigenvalue weighted by Crippen LogP contribution is -2.33. The van der Waals surface area contributed by atoms with Crippen LogP contribution in [-0.2, 0) is 16.8 Å². The van der Waals surface area contributed by atoms with Crippen molar-refractivity contribution in [2.75, 3.05) is 17.0 Å². The molecule has 0 aliphatic carbocycles. The number of hydrogen-bond donors (Lipinski definition) is 0. The zero-order chi connectivity index (χ0) is 28.9. The highest BCUT2D eigenvalue weighted by Crippen LogP contribution is 2.48. The number of rotatable bonds is 4. The molecule has 6 rings (SSSR count). The van der Waals surface area contributed by atoms with Crippen molar-refractivity contribution in [1.29, 1.82) is 0 Å². The van der Waals surface area contributed by atoms with Crippen LogP contribution in [0.2, 0.25) is 0 Å². The van der Waals surface area contributed by atoms with Crippen LogP contribution in [-0.4, -0.2) is 23.2 Å². The van der Waals surface area contributed by atoms with Crippen LogP contribution in [0.15, 0.2) is 101 Å². The Bertz CT molecular complexity index is 1910. The molecule has 2 aliphatic rings. The second kappa shape index (κ2) is 10.2. The largest absolute Gasteiger partial charge is 0.347 e. The summed E-state index contributed by atoms with van der Waals surface area (Å²) in [6.45, 7) is 8.65. The molecule has 0 atom stereocenters. The number of fused-ring (bicyclic) bond motifs is 1. The Hall–Kier alpha value is -4.49. The first-order chi connectivity index (χ1) is 19.7. The molecular weight excluding hydrogens is 528 g/mol. The minimum Gasteiger partial charge on any atom is -0.347 e. The second-order valence-corrected chi connectivity index (χ2v) is 11.9. The fraction of sp³-hybridized carbons (Fsp3) is 0.206. The maximum absolute atomic E-state index is 13.5. The molecule has 0 saturated carbocycles. The van der Waals surface area contributed by atoms with Crippen LogP contribution in [0.5, 0.6) is 0 Å². The van der Waals surface area contributed by atoms with E-state index in [4.69, 9.17) is 0 Å². The van der Waals surface area contributed by atoms with Gasteiger partial charge in [-0.3, -0.25) is 14.2 Å². The van der Waals surface area contributed by atoms with Crippen molar-refractivity contribution < 1.29 is 4.79 Å². The molecule has 0 saturated heterocycles. The van der Waals surface area contributed by atoms with Gasteiger partial charge < -0.3 is 4.90 Å². The van der Waals surface area contributed by atoms with E-state index in [1.165, 1.54) is 33.0 Å². The molecule has 3 heterocycles. The Balaban J connectivity index is 1.43. The first-order valence-corrected chi connectivity index (χ1v) is 14.6. The lowest BCUT2D eigenvalue weighted by atomic mass is 9.82. The third-order valence-electron chi connectivity index (χ3n) is 7.99. The van der Waals surface area contributed by atoms with E-state index in [2.05, 4.69) is 79.4 Å². The summed E-state index contributed by atoms with van der Waals surface area (Å²) in [6.07, 6.45) is 3.96. The number of anilines is 2. The summed E-state index contributed by atoms with van der Waals surface area (Å²) in [5, 5.41) is 5.94. The summed E-state index contributed by atoms with van der Waals surface area (Å²) < 4.78 is 2.91. The molecule has 1 aromatic heterocycles. The molecular formula is C34H32N4O2S. The van der Waals surface area contributed by atoms with Crippen LogP contribution in [0, 0.1) is 0 Å². The maximum Gasteiger partial charge on any atom is 0.283 e. The molecule has 206 valence electrons. The molecule has 4 aromatic rings. The first kappa shape index (κ1) is 26.7. The smallest absolute Gasteiger partial charge is 0.283 e. The SMILES string of the molecule is CCn1c(=C2C(=O)N(c3ccccc3)N=C2C)sc(=CC=C2N(C)c3ccc(-c4ccccc4)cc3C2(C)C)c1=O. The van der Waals surface area contributed by atoms with E-state index in [0.29, 0.717) is 32.7 Å². The molecule has 41 heavy (non-hydrogen) atoms. The van der Waals surface area contributed by atoms with Crippen molar-refractivity contribution in [3.8, 4) is 11.1 Å². The Morgan fingerprint density at radius 3 is 2.27 bits per heavy atom. The van der Waals surface area contributed by atoms with Gasteiger partial charge in [0.2, 0.25) is 0 Å². The van der Waals surface area contributed by atoms with Crippen LogP contribution >= 0.6 is 11.3 Å². The lowest BCUT2D eigenvalue weighted by Gasteiger charge is -2.23. The summed E-state index contributed by atoms with van der Waals surface area (Å²) in [7, 11) is 2.07. The summed E-state index contributed by atoms with van der Waals surface area (Å²) in [4.78, 5) is 29.2. The summed E-state index contributed by atoms with van der Waals surface area (Å²) in [6, 6.07) is 26.4. The van der Waals surface area contributed by atoms with Gasteiger partial charge in [0.1, 0.15) is 4.66 Å². The molecule has 2 aliphatic heterocycles. The molecule has 6 nitrogen and oxygen atoms in total. The standard InChI is InChI=1S/C34H32N4O2S/c1-6-37-31(39)28(41-33(37)30-22(2)35-38(32(30)40)25-15-11-8-12-16-25)19-20-29-34(3,4)26-21-24(17-18-27(26)36(29)5)23-13-9-7-10-14-23/h7-21H,6H2,1-5H3. The normalized spacial score (nSPS) is 18.9. The fourth-order valence-electron chi connectivity index (χ4n) is 5.80. The van der Waals surface area contributed by atoms with Crippen LogP contribution in [0.4, 0.5) is 11.4 Å². The Morgan fingerprint density at radius 1 is 0.902 bits per heavy atom. The fourth-order valence-corrected chi connectivity index (χ4v) is 7.01. The minimum atomic E-state index is -0.259. The number of allylic oxidation sites excluding steroid dienone is 2. The average molecular weight is 561 g/mol. The van der Waals surface area contributed by atoms with Crippen molar-refractivity contribution >= 4 is 46.0 Å². The number of aromatic nitrogens is 1. The van der Waals surface area contributed by atoms with Crippen LogP contribution < -0.4 is 24.7 Å². The molecule has 3 aromatic carbocycles. The predicted octanol–water partition coefficient (Wildman–Crippen LogP) is 5.26. The number of hydrogen-bond acceptors (Lipinski definition) is 5. The monoisotopic (exact) mass is 560 g/mol. The molecule has 0 radical (unpaired) electrons. The number of nitrogens with zero attached hydrogens (tertiary/aromatic N) is 4. The highest BCUT2D eigenvalue weighted by molar-refractivity contribution is 7.08. The highest BCUT2D eigenvalue weighted by atomic mass is 32.1. The van der Waals surface area contributed by atoms with Gasteiger partial charge in [0.05, 0.1) is 21.5 Å². The van der Waals surface area contributed by atoms with E-state index < -0.39 is 0 Å². The topological polar surface area (TPSA) is 57.9 Å². The van der Waals surface area contributed by atoms with Crippen LogP contribution in [0.1, 0.15) is 33.3 Å². The first-order valence-electron chi connectivity index (χ1n) is 13.8. The number of carbonyl (C=O) groups excluding carboxylic acids is 1. The van der Waals surface area contributed by atoms with Gasteiger partial charge in [-0.25, -0.2) is 0 Å². The van der Waals surface area contributed by atoms with Crippen LogP contribution in [0.3, 0.4) is 0 Å².